The summed E-state index contributed by atoms with van der Waals surface area (Å²) in [6, 6.07) is 6.82. The predicted molar refractivity (Wildman–Crippen MR) is 88.8 cm³/mol. The number of morpholine rings is 1. The van der Waals surface area contributed by atoms with Gasteiger partial charge in [0.05, 0.1) is 18.8 Å². The summed E-state index contributed by atoms with van der Waals surface area (Å²) in [6.07, 6.45) is 6.06. The first kappa shape index (κ1) is 14.2. The van der Waals surface area contributed by atoms with Crippen LogP contribution in [0.2, 0.25) is 0 Å². The van der Waals surface area contributed by atoms with Crippen molar-refractivity contribution in [2.45, 2.75) is 36.3 Å². The Hall–Kier alpha value is -0.780. The summed E-state index contributed by atoms with van der Waals surface area (Å²) in [5.74, 6) is 0. The maximum absolute atomic E-state index is 5.99. The molecular weight excluding hydrogens is 288 g/mol. The minimum atomic E-state index is 0.376. The fourth-order valence-corrected chi connectivity index (χ4v) is 4.31. The Morgan fingerprint density at radius 2 is 2.30 bits per heavy atom. The molecule has 1 saturated heterocycles. The summed E-state index contributed by atoms with van der Waals surface area (Å²) >= 11 is 7.00. The molecule has 0 spiro atoms. The molecule has 2 aliphatic rings. The molecule has 2 fully saturated rings. The number of hydrogen-bond donors (Lipinski definition) is 1. The van der Waals surface area contributed by atoms with Crippen LogP contribution in [0.25, 0.3) is 0 Å². The van der Waals surface area contributed by atoms with Crippen molar-refractivity contribution in [3.8, 4) is 0 Å². The number of nitrogens with zero attached hydrogens (tertiary/aromatic N) is 1. The molecule has 5 heteroatoms. The van der Waals surface area contributed by atoms with Crippen molar-refractivity contribution < 1.29 is 4.74 Å². The lowest BCUT2D eigenvalue weighted by atomic mass is 10.1. The highest BCUT2D eigenvalue weighted by molar-refractivity contribution is 7.98. The number of hydrogen-bond acceptors (Lipinski definition) is 4. The molecule has 1 aliphatic carbocycles. The summed E-state index contributed by atoms with van der Waals surface area (Å²) in [7, 11) is 0. The molecule has 1 heterocycles. The van der Waals surface area contributed by atoms with E-state index >= 15 is 0 Å². The third-order valence-corrected chi connectivity index (χ3v) is 5.25. The molecule has 2 unspecified atom stereocenters. The zero-order valence-corrected chi connectivity index (χ0v) is 13.3. The second-order valence-corrected chi connectivity index (χ2v) is 6.61. The standard InChI is InChI=1S/C15H20N2OS2/c1-20-13-7-3-5-11(14(13)15(16)19)17-8-9-18-12-6-2-4-10(12)17/h3,5,7,10,12H,2,4,6,8-9H2,1H3,(H2,16,19). The highest BCUT2D eigenvalue weighted by Crippen LogP contribution is 2.37. The maximum Gasteiger partial charge on any atom is 0.107 e. The molecule has 108 valence electrons. The van der Waals surface area contributed by atoms with Crippen molar-refractivity contribution in [3.63, 3.8) is 0 Å². The lowest BCUT2D eigenvalue weighted by Gasteiger charge is -2.40. The van der Waals surface area contributed by atoms with Gasteiger partial charge in [0.1, 0.15) is 4.99 Å². The Balaban J connectivity index is 2.02. The number of nitrogens with two attached hydrogens (primary N) is 1. The van der Waals surface area contributed by atoms with E-state index in [1.54, 1.807) is 11.8 Å². The quantitative estimate of drug-likeness (QED) is 0.686. The van der Waals surface area contributed by atoms with Crippen LogP contribution < -0.4 is 10.6 Å². The van der Waals surface area contributed by atoms with Crippen LogP contribution >= 0.6 is 24.0 Å². The van der Waals surface area contributed by atoms with Crippen LogP contribution in [0.5, 0.6) is 0 Å². The fraction of sp³-hybridized carbons (Fsp3) is 0.533. The van der Waals surface area contributed by atoms with Gasteiger partial charge in [0, 0.05) is 22.7 Å². The van der Waals surface area contributed by atoms with Gasteiger partial charge in [-0.15, -0.1) is 11.8 Å². The van der Waals surface area contributed by atoms with Gasteiger partial charge >= 0.3 is 0 Å². The van der Waals surface area contributed by atoms with Crippen molar-refractivity contribution >= 4 is 34.7 Å². The van der Waals surface area contributed by atoms with E-state index in [0.717, 1.165) is 23.6 Å². The molecule has 2 atom stereocenters. The van der Waals surface area contributed by atoms with E-state index < -0.39 is 0 Å². The number of benzene rings is 1. The summed E-state index contributed by atoms with van der Waals surface area (Å²) in [4.78, 5) is 4.12. The van der Waals surface area contributed by atoms with E-state index in [2.05, 4.69) is 29.4 Å². The highest BCUT2D eigenvalue weighted by Gasteiger charge is 2.37. The first-order valence-electron chi connectivity index (χ1n) is 7.07. The van der Waals surface area contributed by atoms with Crippen LogP contribution in [0.3, 0.4) is 0 Å². The van der Waals surface area contributed by atoms with E-state index in [4.69, 9.17) is 22.7 Å². The second kappa shape index (κ2) is 5.92. The predicted octanol–water partition coefficient (Wildman–Crippen LogP) is 2.80. The van der Waals surface area contributed by atoms with Crippen molar-refractivity contribution in [1.82, 2.24) is 0 Å². The van der Waals surface area contributed by atoms with Crippen LogP contribution in [0.1, 0.15) is 24.8 Å². The third-order valence-electron chi connectivity index (χ3n) is 4.26. The number of thioether (sulfide) groups is 1. The van der Waals surface area contributed by atoms with E-state index in [-0.39, 0.29) is 0 Å². The highest BCUT2D eigenvalue weighted by atomic mass is 32.2. The third kappa shape index (κ3) is 2.43. The zero-order valence-electron chi connectivity index (χ0n) is 11.7. The van der Waals surface area contributed by atoms with Crippen LogP contribution in [0.4, 0.5) is 5.69 Å². The summed E-state index contributed by atoms with van der Waals surface area (Å²) in [6.45, 7) is 1.72. The number of ether oxygens (including phenoxy) is 1. The largest absolute Gasteiger partial charge is 0.389 e. The Kier molecular flexibility index (Phi) is 4.19. The molecular formula is C15H20N2OS2. The zero-order chi connectivity index (χ0) is 14.1. The lowest BCUT2D eigenvalue weighted by molar-refractivity contribution is 0.0256. The molecule has 1 aliphatic heterocycles. The molecule has 3 nitrogen and oxygen atoms in total. The molecule has 1 aromatic carbocycles. The maximum atomic E-state index is 5.99. The van der Waals surface area contributed by atoms with Gasteiger partial charge in [-0.05, 0) is 37.7 Å². The first-order chi connectivity index (χ1) is 9.72. The Labute approximate surface area is 129 Å². The Bertz CT molecular complexity index is 521. The van der Waals surface area contributed by atoms with Crippen molar-refractivity contribution in [3.05, 3.63) is 23.8 Å². The fourth-order valence-electron chi connectivity index (χ4n) is 3.40. The topological polar surface area (TPSA) is 38.5 Å². The average molecular weight is 308 g/mol. The average Bonchev–Trinajstić information content (AvgIpc) is 2.94. The van der Waals surface area contributed by atoms with Crippen molar-refractivity contribution in [2.24, 2.45) is 5.73 Å². The van der Waals surface area contributed by atoms with Crippen LogP contribution in [0, 0.1) is 0 Å². The lowest BCUT2D eigenvalue weighted by Crippen LogP contribution is -2.49. The molecule has 3 rings (SSSR count). The normalized spacial score (nSPS) is 25.6. The summed E-state index contributed by atoms with van der Waals surface area (Å²) in [5, 5.41) is 0. The molecule has 0 amide bonds. The van der Waals surface area contributed by atoms with Gasteiger partial charge in [0.25, 0.3) is 0 Å². The van der Waals surface area contributed by atoms with Gasteiger partial charge in [-0.2, -0.15) is 0 Å². The van der Waals surface area contributed by atoms with Crippen LogP contribution in [-0.2, 0) is 4.74 Å². The minimum absolute atomic E-state index is 0.376. The van der Waals surface area contributed by atoms with E-state index in [0.29, 0.717) is 17.1 Å². The van der Waals surface area contributed by atoms with Gasteiger partial charge in [-0.3, -0.25) is 0 Å². The molecule has 1 saturated carbocycles. The van der Waals surface area contributed by atoms with Gasteiger partial charge in [0.15, 0.2) is 0 Å². The smallest absolute Gasteiger partial charge is 0.107 e. The number of anilines is 1. The first-order valence-corrected chi connectivity index (χ1v) is 8.70. The van der Waals surface area contributed by atoms with E-state index in [1.807, 2.05) is 0 Å². The minimum Gasteiger partial charge on any atom is -0.389 e. The SMILES string of the molecule is CSc1cccc(N2CCOC3CCCC32)c1C(N)=S. The van der Waals surface area contributed by atoms with Gasteiger partial charge < -0.3 is 15.4 Å². The second-order valence-electron chi connectivity index (χ2n) is 5.32. The monoisotopic (exact) mass is 308 g/mol. The Morgan fingerprint density at radius 3 is 3.05 bits per heavy atom. The van der Waals surface area contributed by atoms with Crippen molar-refractivity contribution in [2.75, 3.05) is 24.3 Å². The van der Waals surface area contributed by atoms with Gasteiger partial charge in [0.2, 0.25) is 0 Å². The molecule has 0 radical (unpaired) electrons. The summed E-state index contributed by atoms with van der Waals surface area (Å²) < 4.78 is 5.90. The van der Waals surface area contributed by atoms with Gasteiger partial charge in [-0.25, -0.2) is 0 Å². The molecule has 1 aromatic rings. The Morgan fingerprint density at radius 1 is 1.45 bits per heavy atom. The van der Waals surface area contributed by atoms with Crippen LogP contribution in [-0.4, -0.2) is 36.5 Å². The summed E-state index contributed by atoms with van der Waals surface area (Å²) in [5.41, 5.74) is 8.21. The number of rotatable bonds is 3. The van der Waals surface area contributed by atoms with Gasteiger partial charge in [-0.1, -0.05) is 18.3 Å². The van der Waals surface area contributed by atoms with Crippen molar-refractivity contribution in [1.29, 1.82) is 0 Å². The number of fused-ring (bicyclic) bond motifs is 1. The number of thiocarbonyl (C=S) groups is 1. The van der Waals surface area contributed by atoms with E-state index in [9.17, 15) is 0 Å². The van der Waals surface area contributed by atoms with Crippen LogP contribution in [0.15, 0.2) is 23.1 Å². The van der Waals surface area contributed by atoms with E-state index in [1.165, 1.54) is 24.9 Å². The molecule has 2 N–H and O–H groups in total. The molecule has 20 heavy (non-hydrogen) atoms. The molecule has 0 bridgehead atoms. The molecule has 0 aromatic heterocycles.